The highest BCUT2D eigenvalue weighted by Crippen LogP contribution is 2.24. The van der Waals surface area contributed by atoms with Crippen molar-refractivity contribution in [1.82, 2.24) is 5.32 Å². The minimum absolute atomic E-state index is 0.504. The number of nitrogens with zero attached hydrogens (tertiary/aromatic N) is 1. The van der Waals surface area contributed by atoms with Gasteiger partial charge in [0.25, 0.3) is 0 Å². The van der Waals surface area contributed by atoms with Gasteiger partial charge in [0.15, 0.2) is 0 Å². The first-order valence-corrected chi connectivity index (χ1v) is 7.89. The van der Waals surface area contributed by atoms with Crippen LogP contribution in [0.1, 0.15) is 24.5 Å². The second-order valence-corrected chi connectivity index (χ2v) is 5.61. The van der Waals surface area contributed by atoms with Crippen molar-refractivity contribution < 1.29 is 9.47 Å². The molecule has 1 N–H and O–H groups in total. The number of morpholine rings is 1. The summed E-state index contributed by atoms with van der Waals surface area (Å²) >= 11 is 0. The summed E-state index contributed by atoms with van der Waals surface area (Å²) in [4.78, 5) is 2.48. The summed E-state index contributed by atoms with van der Waals surface area (Å²) in [6.45, 7) is 9.62. The van der Waals surface area contributed by atoms with Crippen LogP contribution in [0.5, 0.6) is 0 Å². The minimum atomic E-state index is 0.504. The number of nitrogens with one attached hydrogen (secondary N) is 1. The predicted octanol–water partition coefficient (Wildman–Crippen LogP) is 2.35. The lowest BCUT2D eigenvalue weighted by Gasteiger charge is -2.37. The van der Waals surface area contributed by atoms with Crippen molar-refractivity contribution in [2.45, 2.75) is 32.9 Å². The molecule has 4 heteroatoms. The fourth-order valence-electron chi connectivity index (χ4n) is 2.79. The van der Waals surface area contributed by atoms with Crippen molar-refractivity contribution in [3.05, 3.63) is 29.3 Å². The van der Waals surface area contributed by atoms with E-state index in [0.29, 0.717) is 6.04 Å². The molecule has 0 amide bonds. The molecule has 1 heterocycles. The van der Waals surface area contributed by atoms with Gasteiger partial charge in [-0.05, 0) is 36.6 Å². The molecule has 0 aromatic heterocycles. The minimum Gasteiger partial charge on any atom is -0.383 e. The predicted molar refractivity (Wildman–Crippen MR) is 87.0 cm³/mol. The summed E-state index contributed by atoms with van der Waals surface area (Å²) in [6, 6.07) is 7.30. The van der Waals surface area contributed by atoms with E-state index in [4.69, 9.17) is 9.47 Å². The maximum atomic E-state index is 5.59. The van der Waals surface area contributed by atoms with Gasteiger partial charge in [-0.1, -0.05) is 13.0 Å². The zero-order valence-electron chi connectivity index (χ0n) is 13.5. The van der Waals surface area contributed by atoms with E-state index < -0.39 is 0 Å². The number of anilines is 1. The molecule has 1 aliphatic heterocycles. The summed E-state index contributed by atoms with van der Waals surface area (Å²) in [6.07, 6.45) is 1.12. The average molecular weight is 292 g/mol. The molecule has 1 saturated heterocycles. The Hall–Kier alpha value is -1.10. The summed E-state index contributed by atoms with van der Waals surface area (Å²) < 4.78 is 10.6. The SMILES string of the molecule is CCC1COCCN1c1ccc(CNCCOC)c(C)c1. The number of benzene rings is 1. The quantitative estimate of drug-likeness (QED) is 0.782. The number of hydrogen-bond donors (Lipinski definition) is 1. The molecule has 21 heavy (non-hydrogen) atoms. The van der Waals surface area contributed by atoms with Gasteiger partial charge in [0, 0.05) is 32.4 Å². The maximum Gasteiger partial charge on any atom is 0.0670 e. The van der Waals surface area contributed by atoms with Gasteiger partial charge in [0.1, 0.15) is 0 Å². The van der Waals surface area contributed by atoms with Crippen molar-refractivity contribution >= 4 is 5.69 Å². The Labute approximate surface area is 128 Å². The standard InChI is InChI=1S/C17H28N2O2/c1-4-16-13-21-10-8-19(16)17-6-5-15(14(2)11-17)12-18-7-9-20-3/h5-6,11,16,18H,4,7-10,12-13H2,1-3H3. The van der Waals surface area contributed by atoms with Crippen molar-refractivity contribution in [1.29, 1.82) is 0 Å². The number of ether oxygens (including phenoxy) is 2. The monoisotopic (exact) mass is 292 g/mol. The van der Waals surface area contributed by atoms with Crippen LogP contribution in [-0.2, 0) is 16.0 Å². The highest BCUT2D eigenvalue weighted by molar-refractivity contribution is 5.52. The van der Waals surface area contributed by atoms with E-state index in [-0.39, 0.29) is 0 Å². The normalized spacial score (nSPS) is 19.0. The van der Waals surface area contributed by atoms with Crippen LogP contribution in [0.15, 0.2) is 18.2 Å². The lowest BCUT2D eigenvalue weighted by molar-refractivity contribution is 0.0930. The first kappa shape index (κ1) is 16.3. The molecule has 118 valence electrons. The van der Waals surface area contributed by atoms with E-state index in [9.17, 15) is 0 Å². The van der Waals surface area contributed by atoms with Crippen molar-refractivity contribution in [2.75, 3.05) is 44.9 Å². The van der Waals surface area contributed by atoms with Crippen LogP contribution in [0, 0.1) is 6.92 Å². The Kier molecular flexibility index (Phi) is 6.49. The number of hydrogen-bond acceptors (Lipinski definition) is 4. The van der Waals surface area contributed by atoms with Crippen molar-refractivity contribution in [3.8, 4) is 0 Å². The molecule has 2 rings (SSSR count). The molecule has 1 unspecified atom stereocenters. The van der Waals surface area contributed by atoms with Crippen LogP contribution in [0.25, 0.3) is 0 Å². The van der Waals surface area contributed by atoms with Gasteiger partial charge in [-0.3, -0.25) is 0 Å². The highest BCUT2D eigenvalue weighted by atomic mass is 16.5. The molecule has 0 aliphatic carbocycles. The van der Waals surface area contributed by atoms with Gasteiger partial charge in [-0.25, -0.2) is 0 Å². The number of rotatable bonds is 7. The second-order valence-electron chi connectivity index (χ2n) is 5.61. The summed E-state index contributed by atoms with van der Waals surface area (Å²) in [5.41, 5.74) is 4.03. The lowest BCUT2D eigenvalue weighted by atomic mass is 10.1. The van der Waals surface area contributed by atoms with Gasteiger partial charge in [-0.2, -0.15) is 0 Å². The smallest absolute Gasteiger partial charge is 0.0670 e. The largest absolute Gasteiger partial charge is 0.383 e. The van der Waals surface area contributed by atoms with E-state index in [1.807, 2.05) is 0 Å². The van der Waals surface area contributed by atoms with Crippen LogP contribution in [-0.4, -0.2) is 46.1 Å². The van der Waals surface area contributed by atoms with Crippen molar-refractivity contribution in [3.63, 3.8) is 0 Å². The first-order chi connectivity index (χ1) is 10.3. The Morgan fingerprint density at radius 2 is 2.29 bits per heavy atom. The fraction of sp³-hybridized carbons (Fsp3) is 0.647. The topological polar surface area (TPSA) is 33.7 Å². The molecule has 4 nitrogen and oxygen atoms in total. The third-order valence-corrected chi connectivity index (χ3v) is 4.16. The highest BCUT2D eigenvalue weighted by Gasteiger charge is 2.21. The Morgan fingerprint density at radius 3 is 3.00 bits per heavy atom. The Balaban J connectivity index is 2.00. The molecule has 1 aromatic carbocycles. The molecule has 0 radical (unpaired) electrons. The summed E-state index contributed by atoms with van der Waals surface area (Å²) in [5, 5.41) is 3.40. The molecule has 1 aliphatic rings. The third-order valence-electron chi connectivity index (χ3n) is 4.16. The van der Waals surface area contributed by atoms with Crippen LogP contribution in [0.4, 0.5) is 5.69 Å². The molecular weight excluding hydrogens is 264 g/mol. The molecular formula is C17H28N2O2. The molecule has 1 fully saturated rings. The summed E-state index contributed by atoms with van der Waals surface area (Å²) in [7, 11) is 1.73. The fourth-order valence-corrected chi connectivity index (χ4v) is 2.79. The van der Waals surface area contributed by atoms with E-state index >= 15 is 0 Å². The molecule has 1 aromatic rings. The van der Waals surface area contributed by atoms with Gasteiger partial charge < -0.3 is 19.7 Å². The lowest BCUT2D eigenvalue weighted by Crippen LogP contribution is -2.45. The molecule has 0 spiro atoms. The van der Waals surface area contributed by atoms with Gasteiger partial charge in [-0.15, -0.1) is 0 Å². The second kappa shape index (κ2) is 8.37. The third kappa shape index (κ3) is 4.43. The van der Waals surface area contributed by atoms with Crippen LogP contribution in [0.2, 0.25) is 0 Å². The van der Waals surface area contributed by atoms with Gasteiger partial charge >= 0.3 is 0 Å². The zero-order valence-corrected chi connectivity index (χ0v) is 13.5. The van der Waals surface area contributed by atoms with E-state index in [1.54, 1.807) is 7.11 Å². The maximum absolute atomic E-state index is 5.59. The van der Waals surface area contributed by atoms with Crippen LogP contribution in [0.3, 0.4) is 0 Å². The number of methoxy groups -OCH3 is 1. The first-order valence-electron chi connectivity index (χ1n) is 7.89. The Morgan fingerprint density at radius 1 is 1.43 bits per heavy atom. The Bertz CT molecular complexity index is 437. The number of aryl methyl sites for hydroxylation is 1. The van der Waals surface area contributed by atoms with Gasteiger partial charge in [0.05, 0.1) is 25.9 Å². The van der Waals surface area contributed by atoms with E-state index in [0.717, 1.165) is 45.9 Å². The van der Waals surface area contributed by atoms with Crippen LogP contribution < -0.4 is 10.2 Å². The molecule has 0 saturated carbocycles. The zero-order chi connectivity index (χ0) is 15.1. The van der Waals surface area contributed by atoms with Crippen molar-refractivity contribution in [2.24, 2.45) is 0 Å². The van der Waals surface area contributed by atoms with Crippen LogP contribution >= 0.6 is 0 Å². The van der Waals surface area contributed by atoms with E-state index in [2.05, 4.69) is 42.3 Å². The molecule has 1 atom stereocenters. The average Bonchev–Trinajstić information content (AvgIpc) is 2.52. The van der Waals surface area contributed by atoms with Gasteiger partial charge in [0.2, 0.25) is 0 Å². The van der Waals surface area contributed by atoms with E-state index in [1.165, 1.54) is 16.8 Å². The molecule has 0 bridgehead atoms. The summed E-state index contributed by atoms with van der Waals surface area (Å²) in [5.74, 6) is 0.